The highest BCUT2D eigenvalue weighted by Gasteiger charge is 2.37. The van der Waals surface area contributed by atoms with Crippen molar-refractivity contribution >= 4 is 62.2 Å². The molecule has 2 rings (SSSR count). The van der Waals surface area contributed by atoms with Gasteiger partial charge in [-0.2, -0.15) is 0 Å². The minimum atomic E-state index is -4.01. The number of hydrogen-bond donors (Lipinski definition) is 3. The second-order valence-corrected chi connectivity index (χ2v) is 8.09. The van der Waals surface area contributed by atoms with Gasteiger partial charge in [0.15, 0.2) is 4.58 Å². The Morgan fingerprint density at radius 1 is 1.40 bits per heavy atom. The van der Waals surface area contributed by atoms with Crippen LogP contribution < -0.4 is 15.8 Å². The van der Waals surface area contributed by atoms with Crippen molar-refractivity contribution in [2.45, 2.75) is 4.58 Å². The molecule has 108 valence electrons. The fourth-order valence-corrected chi connectivity index (χ4v) is 4.08. The first-order valence-electron chi connectivity index (χ1n) is 5.01. The number of nitrogens with two attached hydrogens (primary N) is 1. The Balaban J connectivity index is 2.00. The van der Waals surface area contributed by atoms with Crippen molar-refractivity contribution in [2.75, 3.05) is 5.32 Å². The summed E-state index contributed by atoms with van der Waals surface area (Å²) in [6, 6.07) is 0.903. The van der Waals surface area contributed by atoms with Crippen LogP contribution in [-0.4, -0.2) is 24.8 Å². The molecule has 2 heterocycles. The van der Waals surface area contributed by atoms with Crippen LogP contribution in [0.4, 0.5) is 10.5 Å². The van der Waals surface area contributed by atoms with Crippen molar-refractivity contribution in [2.24, 2.45) is 5.14 Å². The number of rotatable bonds is 3. The highest BCUT2D eigenvalue weighted by molar-refractivity contribution is 8.16. The molecule has 1 aromatic rings. The van der Waals surface area contributed by atoms with Gasteiger partial charge in [-0.15, -0.1) is 23.1 Å². The van der Waals surface area contributed by atoms with Crippen LogP contribution >= 0.6 is 34.7 Å². The first-order chi connectivity index (χ1) is 9.29. The zero-order valence-corrected chi connectivity index (χ0v) is 12.8. The normalized spacial score (nSPS) is 18.8. The Bertz CT molecular complexity index is 697. The van der Waals surface area contributed by atoms with E-state index in [4.69, 9.17) is 16.7 Å². The van der Waals surface area contributed by atoms with E-state index in [9.17, 15) is 18.0 Å². The number of carbonyl (C=O) groups excluding carboxylic acids is 2. The van der Waals surface area contributed by atoms with E-state index >= 15 is 0 Å². The minimum Gasteiger partial charge on any atom is -0.305 e. The van der Waals surface area contributed by atoms with Crippen molar-refractivity contribution in [3.63, 3.8) is 0 Å². The van der Waals surface area contributed by atoms with Gasteiger partial charge in [-0.05, 0) is 11.4 Å². The van der Waals surface area contributed by atoms with Crippen molar-refractivity contribution in [1.29, 1.82) is 0 Å². The maximum absolute atomic E-state index is 11.7. The number of sulfonamides is 1. The highest BCUT2D eigenvalue weighted by Crippen LogP contribution is 2.29. The molecule has 0 aliphatic carbocycles. The molecule has 11 heteroatoms. The number of nitrogens with one attached hydrogen (secondary N) is 2. The fraction of sp³-hybridized carbons (Fsp3) is 0.111. The van der Waals surface area contributed by atoms with Crippen LogP contribution in [0.15, 0.2) is 22.6 Å². The minimum absolute atomic E-state index is 0.127. The van der Waals surface area contributed by atoms with Crippen LogP contribution in [0.5, 0.6) is 0 Å². The van der Waals surface area contributed by atoms with E-state index in [2.05, 4.69) is 10.6 Å². The summed E-state index contributed by atoms with van der Waals surface area (Å²) in [4.78, 5) is 23.4. The van der Waals surface area contributed by atoms with Gasteiger partial charge in [0.1, 0.15) is 4.34 Å². The number of primary sulfonamides is 1. The van der Waals surface area contributed by atoms with Crippen LogP contribution in [-0.2, 0) is 14.8 Å². The Kier molecular flexibility index (Phi) is 4.39. The molecule has 0 spiro atoms. The van der Waals surface area contributed by atoms with Crippen molar-refractivity contribution in [3.05, 3.63) is 26.9 Å². The number of ketones is 1. The molecular formula is C9H8ClN3O4S3. The molecule has 0 aromatic carbocycles. The summed E-state index contributed by atoms with van der Waals surface area (Å²) < 4.78 is 21.2. The molecule has 1 aliphatic heterocycles. The molecule has 0 saturated carbocycles. The smallest absolute Gasteiger partial charge is 0.305 e. The van der Waals surface area contributed by atoms with Crippen LogP contribution in [0.1, 0.15) is 0 Å². The van der Waals surface area contributed by atoms with Gasteiger partial charge in [-0.1, -0.05) is 11.6 Å². The van der Waals surface area contributed by atoms with Gasteiger partial charge in [0, 0.05) is 5.41 Å². The Hall–Kier alpha value is -1.07. The molecule has 2 amide bonds. The summed E-state index contributed by atoms with van der Waals surface area (Å²) >= 11 is 7.77. The van der Waals surface area contributed by atoms with E-state index < -0.39 is 26.4 Å². The number of thioether (sulfide) groups is 1. The number of allylic oxidation sites excluding steroid dienone is 1. The third kappa shape index (κ3) is 3.33. The molecule has 1 aliphatic rings. The Labute approximate surface area is 127 Å². The monoisotopic (exact) mass is 353 g/mol. The summed E-state index contributed by atoms with van der Waals surface area (Å²) in [5, 5.41) is 12.5. The molecule has 7 nitrogen and oxygen atoms in total. The van der Waals surface area contributed by atoms with Gasteiger partial charge in [-0.25, -0.2) is 18.4 Å². The third-order valence-electron chi connectivity index (χ3n) is 2.20. The number of halogens is 1. The summed E-state index contributed by atoms with van der Waals surface area (Å²) in [5.74, 6) is -0.760. The van der Waals surface area contributed by atoms with Gasteiger partial charge in [0.05, 0.1) is 11.4 Å². The van der Waals surface area contributed by atoms with Crippen molar-refractivity contribution in [3.8, 4) is 0 Å². The molecule has 4 N–H and O–H groups in total. The lowest BCUT2D eigenvalue weighted by Gasteiger charge is -2.08. The molecule has 0 saturated heterocycles. The third-order valence-corrected chi connectivity index (χ3v) is 6.15. The molecule has 20 heavy (non-hydrogen) atoms. The SMILES string of the molecule is NS(=O)(=O)C1SC=C(NC(=O)Nc2ccsc2Cl)C1=O. The predicted octanol–water partition coefficient (Wildman–Crippen LogP) is 1.29. The lowest BCUT2D eigenvalue weighted by molar-refractivity contribution is -0.113. The second-order valence-electron chi connectivity index (χ2n) is 3.64. The number of anilines is 1. The van der Waals surface area contributed by atoms with E-state index in [-0.39, 0.29) is 5.70 Å². The number of amides is 2. The summed E-state index contributed by atoms with van der Waals surface area (Å²) in [6.45, 7) is 0. The van der Waals surface area contributed by atoms with E-state index in [0.717, 1.165) is 11.8 Å². The van der Waals surface area contributed by atoms with E-state index in [1.54, 1.807) is 11.4 Å². The number of Topliss-reactive ketones (excluding diaryl/α,β-unsaturated/α-hetero) is 1. The Morgan fingerprint density at radius 2 is 2.10 bits per heavy atom. The maximum Gasteiger partial charge on any atom is 0.323 e. The number of carbonyl (C=O) groups is 2. The largest absolute Gasteiger partial charge is 0.323 e. The second kappa shape index (κ2) is 5.74. The topological polar surface area (TPSA) is 118 Å². The zero-order valence-electron chi connectivity index (χ0n) is 9.62. The fourth-order valence-electron chi connectivity index (χ4n) is 1.35. The van der Waals surface area contributed by atoms with E-state index in [0.29, 0.717) is 10.0 Å². The standard InChI is InChI=1S/C9H8ClN3O4S3/c10-7-4(1-2-18-7)12-9(15)13-5-3-19-8(6(5)14)20(11,16)17/h1-3,8H,(H2,11,16,17)(H2,12,13,15). The van der Waals surface area contributed by atoms with Gasteiger partial charge in [0.2, 0.25) is 15.8 Å². The van der Waals surface area contributed by atoms with Crippen LogP contribution in [0.2, 0.25) is 4.34 Å². The average Bonchev–Trinajstić information content (AvgIpc) is 2.87. The zero-order chi connectivity index (χ0) is 14.9. The summed E-state index contributed by atoms with van der Waals surface area (Å²) in [7, 11) is -4.01. The molecule has 1 aromatic heterocycles. The lowest BCUT2D eigenvalue weighted by atomic mass is 10.3. The van der Waals surface area contributed by atoms with Gasteiger partial charge < -0.3 is 10.6 Å². The number of thiophene rings is 1. The van der Waals surface area contributed by atoms with Crippen LogP contribution in [0.3, 0.4) is 0 Å². The molecule has 0 radical (unpaired) electrons. The summed E-state index contributed by atoms with van der Waals surface area (Å²) in [5.41, 5.74) is 0.272. The van der Waals surface area contributed by atoms with Crippen molar-refractivity contribution in [1.82, 2.24) is 5.32 Å². The predicted molar refractivity (Wildman–Crippen MR) is 79.1 cm³/mol. The molecule has 0 bridgehead atoms. The quantitative estimate of drug-likeness (QED) is 0.756. The summed E-state index contributed by atoms with van der Waals surface area (Å²) in [6.07, 6.45) is 0. The van der Waals surface area contributed by atoms with Crippen molar-refractivity contribution < 1.29 is 18.0 Å². The number of urea groups is 1. The van der Waals surface area contributed by atoms with Gasteiger partial charge >= 0.3 is 6.03 Å². The first kappa shape index (κ1) is 15.3. The van der Waals surface area contributed by atoms with Gasteiger partial charge in [-0.3, -0.25) is 4.79 Å². The molecule has 1 atom stereocenters. The number of hydrogen-bond acceptors (Lipinski definition) is 6. The molecule has 0 fully saturated rings. The van der Waals surface area contributed by atoms with Gasteiger partial charge in [0.25, 0.3) is 0 Å². The average molecular weight is 354 g/mol. The Morgan fingerprint density at radius 3 is 2.60 bits per heavy atom. The van der Waals surface area contributed by atoms with Crippen LogP contribution in [0, 0.1) is 0 Å². The van der Waals surface area contributed by atoms with Crippen LogP contribution in [0.25, 0.3) is 0 Å². The van der Waals surface area contributed by atoms with E-state index in [1.807, 2.05) is 0 Å². The molecular weight excluding hydrogens is 346 g/mol. The first-order valence-corrected chi connectivity index (χ1v) is 8.82. The highest BCUT2D eigenvalue weighted by atomic mass is 35.5. The lowest BCUT2D eigenvalue weighted by Crippen LogP contribution is -2.36. The molecule has 1 unspecified atom stereocenters. The van der Waals surface area contributed by atoms with E-state index in [1.165, 1.54) is 16.7 Å². The maximum atomic E-state index is 11.7.